The van der Waals surface area contributed by atoms with Crippen LogP contribution in [0, 0.1) is 12.7 Å². The average molecular weight is 251 g/mol. The number of hydrogen-bond donors (Lipinski definition) is 1. The number of hydrogen-bond acceptors (Lipinski definition) is 3. The molecule has 5 heteroatoms. The molecule has 0 saturated heterocycles. The van der Waals surface area contributed by atoms with Crippen molar-refractivity contribution in [1.29, 1.82) is 0 Å². The van der Waals surface area contributed by atoms with E-state index in [0.717, 1.165) is 0 Å². The minimum atomic E-state index is -0.906. The minimum absolute atomic E-state index is 0.0715. The summed E-state index contributed by atoms with van der Waals surface area (Å²) in [5.41, 5.74) is 1.06. The zero-order valence-electron chi connectivity index (χ0n) is 9.11. The molecule has 1 N–H and O–H groups in total. The summed E-state index contributed by atoms with van der Waals surface area (Å²) in [5, 5.41) is 9.26. The lowest BCUT2D eigenvalue weighted by molar-refractivity contribution is -0.136. The highest BCUT2D eigenvalue weighted by Crippen LogP contribution is 2.29. The van der Waals surface area contributed by atoms with Crippen LogP contribution < -0.4 is 0 Å². The van der Waals surface area contributed by atoms with Gasteiger partial charge in [-0.25, -0.2) is 9.37 Å². The van der Waals surface area contributed by atoms with Gasteiger partial charge in [-0.1, -0.05) is 12.1 Å². The van der Waals surface area contributed by atoms with Crippen molar-refractivity contribution < 1.29 is 14.3 Å². The van der Waals surface area contributed by atoms with E-state index in [-0.39, 0.29) is 12.2 Å². The molecule has 0 aliphatic rings. The summed E-state index contributed by atoms with van der Waals surface area (Å²) in [7, 11) is 0. The average Bonchev–Trinajstić information content (AvgIpc) is 2.60. The Hall–Kier alpha value is -1.75. The van der Waals surface area contributed by atoms with E-state index in [1.165, 1.54) is 17.4 Å². The van der Waals surface area contributed by atoms with Crippen LogP contribution in [0.3, 0.4) is 0 Å². The smallest absolute Gasteiger partial charge is 0.308 e. The number of halogens is 1. The van der Waals surface area contributed by atoms with Gasteiger partial charge >= 0.3 is 5.97 Å². The third-order valence-electron chi connectivity index (χ3n) is 2.31. The molecule has 0 aliphatic carbocycles. The molecule has 2 aromatic rings. The molecule has 0 bridgehead atoms. The Balaban J connectivity index is 2.41. The molecular weight excluding hydrogens is 241 g/mol. The van der Waals surface area contributed by atoms with Gasteiger partial charge in [0.1, 0.15) is 10.8 Å². The molecule has 17 heavy (non-hydrogen) atoms. The first-order chi connectivity index (χ1) is 8.08. The number of carbonyl (C=O) groups is 1. The fourth-order valence-electron chi connectivity index (χ4n) is 1.48. The van der Waals surface area contributed by atoms with Crippen molar-refractivity contribution in [3.8, 4) is 10.6 Å². The maximum Gasteiger partial charge on any atom is 0.308 e. The first-order valence-electron chi connectivity index (χ1n) is 5.01. The highest BCUT2D eigenvalue weighted by Gasteiger charge is 2.14. The van der Waals surface area contributed by atoms with Gasteiger partial charge in [0.2, 0.25) is 0 Å². The molecule has 0 aliphatic heterocycles. The predicted octanol–water partition coefficient (Wildman–Crippen LogP) is 2.88. The lowest BCUT2D eigenvalue weighted by atomic mass is 10.2. The summed E-state index contributed by atoms with van der Waals surface area (Å²) in [6, 6.07) is 6.34. The molecule has 0 spiro atoms. The predicted molar refractivity (Wildman–Crippen MR) is 63.6 cm³/mol. The Morgan fingerprint density at radius 3 is 2.82 bits per heavy atom. The van der Waals surface area contributed by atoms with Crippen LogP contribution in [-0.4, -0.2) is 16.1 Å². The summed E-state index contributed by atoms with van der Waals surface area (Å²) in [5.74, 6) is -1.25. The van der Waals surface area contributed by atoms with Gasteiger partial charge in [-0.3, -0.25) is 4.79 Å². The number of carboxylic acid groups (broad SMARTS) is 1. The van der Waals surface area contributed by atoms with Crippen molar-refractivity contribution in [1.82, 2.24) is 4.98 Å². The van der Waals surface area contributed by atoms with Crippen LogP contribution >= 0.6 is 11.3 Å². The van der Waals surface area contributed by atoms with Crippen LogP contribution in [0.15, 0.2) is 24.3 Å². The summed E-state index contributed by atoms with van der Waals surface area (Å²) in [6.07, 6.45) is -0.0715. The first-order valence-corrected chi connectivity index (χ1v) is 5.82. The van der Waals surface area contributed by atoms with Gasteiger partial charge in [-0.15, -0.1) is 11.3 Å². The van der Waals surface area contributed by atoms with Crippen molar-refractivity contribution in [3.63, 3.8) is 0 Å². The fourth-order valence-corrected chi connectivity index (χ4v) is 2.56. The van der Waals surface area contributed by atoms with Gasteiger partial charge in [-0.2, -0.15) is 0 Å². The molecule has 0 atom stereocenters. The number of thiazole rings is 1. The van der Waals surface area contributed by atoms with Crippen LogP contribution in [0.25, 0.3) is 10.6 Å². The number of aromatic nitrogens is 1. The van der Waals surface area contributed by atoms with E-state index in [1.807, 2.05) is 0 Å². The van der Waals surface area contributed by atoms with E-state index in [2.05, 4.69) is 4.98 Å². The molecule has 2 rings (SSSR count). The van der Waals surface area contributed by atoms with Crippen LogP contribution in [0.2, 0.25) is 0 Å². The molecule has 0 unspecified atom stereocenters. The molecule has 0 saturated carbocycles. The Kier molecular flexibility index (Phi) is 3.19. The molecule has 1 heterocycles. The van der Waals surface area contributed by atoms with E-state index in [1.54, 1.807) is 25.1 Å². The van der Waals surface area contributed by atoms with Crippen LogP contribution in [0.4, 0.5) is 4.39 Å². The number of rotatable bonds is 3. The fraction of sp³-hybridized carbons (Fsp3) is 0.167. The van der Waals surface area contributed by atoms with Crippen molar-refractivity contribution in [2.75, 3.05) is 0 Å². The van der Waals surface area contributed by atoms with Gasteiger partial charge in [-0.05, 0) is 19.1 Å². The van der Waals surface area contributed by atoms with Crippen molar-refractivity contribution in [3.05, 3.63) is 40.7 Å². The van der Waals surface area contributed by atoms with Gasteiger partial charge in [0.05, 0.1) is 12.1 Å². The van der Waals surface area contributed by atoms with E-state index in [0.29, 0.717) is 21.1 Å². The topological polar surface area (TPSA) is 50.2 Å². The highest BCUT2D eigenvalue weighted by atomic mass is 32.1. The lowest BCUT2D eigenvalue weighted by Gasteiger charge is -1.96. The molecule has 0 radical (unpaired) electrons. The number of carboxylic acids is 1. The minimum Gasteiger partial charge on any atom is -0.481 e. The van der Waals surface area contributed by atoms with Crippen LogP contribution in [0.5, 0.6) is 0 Å². The Labute approximate surface area is 102 Å². The summed E-state index contributed by atoms with van der Waals surface area (Å²) < 4.78 is 13.5. The lowest BCUT2D eigenvalue weighted by Crippen LogP contribution is -1.99. The molecule has 1 aromatic carbocycles. The number of aryl methyl sites for hydroxylation is 1. The van der Waals surface area contributed by atoms with Gasteiger partial charge in [0, 0.05) is 10.4 Å². The molecule has 88 valence electrons. The van der Waals surface area contributed by atoms with E-state index >= 15 is 0 Å². The molecule has 3 nitrogen and oxygen atoms in total. The second-order valence-corrected chi connectivity index (χ2v) is 4.66. The third kappa shape index (κ3) is 2.50. The Bertz CT molecular complexity index is 565. The summed E-state index contributed by atoms with van der Waals surface area (Å²) >= 11 is 1.22. The maximum atomic E-state index is 13.5. The van der Waals surface area contributed by atoms with E-state index in [4.69, 9.17) is 5.11 Å². The SMILES string of the molecule is Cc1nc(-c2ccccc2F)sc1CC(=O)O. The third-order valence-corrected chi connectivity index (χ3v) is 3.50. The number of aliphatic carboxylic acids is 1. The molecule has 0 amide bonds. The second kappa shape index (κ2) is 4.63. The van der Waals surface area contributed by atoms with Crippen molar-refractivity contribution >= 4 is 17.3 Å². The zero-order valence-corrected chi connectivity index (χ0v) is 9.92. The first kappa shape index (κ1) is 11.7. The largest absolute Gasteiger partial charge is 0.481 e. The standard InChI is InChI=1S/C12H10FNO2S/c1-7-10(6-11(15)16)17-12(14-7)8-4-2-3-5-9(8)13/h2-5H,6H2,1H3,(H,15,16). The monoisotopic (exact) mass is 251 g/mol. The highest BCUT2D eigenvalue weighted by molar-refractivity contribution is 7.15. The van der Waals surface area contributed by atoms with Gasteiger partial charge in [0.25, 0.3) is 0 Å². The summed E-state index contributed by atoms with van der Waals surface area (Å²) in [6.45, 7) is 1.74. The van der Waals surface area contributed by atoms with Crippen LogP contribution in [0.1, 0.15) is 10.6 Å². The zero-order chi connectivity index (χ0) is 12.4. The second-order valence-electron chi connectivity index (χ2n) is 3.58. The Morgan fingerprint density at radius 1 is 1.47 bits per heavy atom. The number of nitrogens with zero attached hydrogens (tertiary/aromatic N) is 1. The van der Waals surface area contributed by atoms with E-state index < -0.39 is 5.97 Å². The summed E-state index contributed by atoms with van der Waals surface area (Å²) in [4.78, 5) is 15.5. The van der Waals surface area contributed by atoms with Gasteiger partial charge in [0.15, 0.2) is 0 Å². The van der Waals surface area contributed by atoms with Crippen LogP contribution in [-0.2, 0) is 11.2 Å². The molecule has 0 fully saturated rings. The Morgan fingerprint density at radius 2 is 2.18 bits per heavy atom. The quantitative estimate of drug-likeness (QED) is 0.912. The van der Waals surface area contributed by atoms with E-state index in [9.17, 15) is 9.18 Å². The van der Waals surface area contributed by atoms with Gasteiger partial charge < -0.3 is 5.11 Å². The van der Waals surface area contributed by atoms with Crippen molar-refractivity contribution in [2.24, 2.45) is 0 Å². The molecular formula is C12H10FNO2S. The molecule has 1 aromatic heterocycles. The van der Waals surface area contributed by atoms with Crippen molar-refractivity contribution in [2.45, 2.75) is 13.3 Å². The number of benzene rings is 1. The maximum absolute atomic E-state index is 13.5. The normalized spacial score (nSPS) is 10.5.